The number of nitrogens with zero attached hydrogens (tertiary/aromatic N) is 1. The van der Waals surface area contributed by atoms with Crippen molar-refractivity contribution in [3.05, 3.63) is 35.2 Å². The van der Waals surface area contributed by atoms with Crippen molar-refractivity contribution < 1.29 is 0 Å². The third kappa shape index (κ3) is 1.96. The van der Waals surface area contributed by atoms with Gasteiger partial charge in [0.25, 0.3) is 0 Å². The molecule has 3 heteroatoms. The summed E-state index contributed by atoms with van der Waals surface area (Å²) in [6, 6.07) is 6.19. The van der Waals surface area contributed by atoms with E-state index in [9.17, 15) is 0 Å². The van der Waals surface area contributed by atoms with E-state index in [1.54, 1.807) is 0 Å². The summed E-state index contributed by atoms with van der Waals surface area (Å²) in [6.07, 6.45) is 3.48. The lowest BCUT2D eigenvalue weighted by Gasteiger charge is -2.21. The number of hydrogen-bond donors (Lipinski definition) is 1. The molecular weight excluding hydrogens is 228 g/mol. The molecule has 0 atom stereocenters. The van der Waals surface area contributed by atoms with Gasteiger partial charge < -0.3 is 10.6 Å². The zero-order valence-electron chi connectivity index (χ0n) is 9.94. The minimum atomic E-state index is 0.852. The van der Waals surface area contributed by atoms with Crippen molar-refractivity contribution in [1.29, 1.82) is 0 Å². The standard InChI is InChI=1S/C14H16N2S/c1-16-6-4-10(5-7-16)13-9-17-14-3-2-11(15)8-12(13)14/h2-4,8-9H,5-7,15H2,1H3. The molecule has 2 N–H and O–H groups in total. The maximum Gasteiger partial charge on any atom is 0.0350 e. The summed E-state index contributed by atoms with van der Waals surface area (Å²) in [7, 11) is 2.16. The summed E-state index contributed by atoms with van der Waals surface area (Å²) in [6.45, 7) is 2.19. The van der Waals surface area contributed by atoms with Crippen LogP contribution in [0.2, 0.25) is 0 Å². The van der Waals surface area contributed by atoms with E-state index in [-0.39, 0.29) is 0 Å². The summed E-state index contributed by atoms with van der Waals surface area (Å²) in [5, 5.41) is 3.58. The Balaban J connectivity index is 2.08. The van der Waals surface area contributed by atoms with Crippen molar-refractivity contribution in [2.75, 3.05) is 25.9 Å². The first-order valence-electron chi connectivity index (χ1n) is 5.89. The minimum Gasteiger partial charge on any atom is -0.399 e. The van der Waals surface area contributed by atoms with E-state index in [1.165, 1.54) is 21.2 Å². The molecule has 0 bridgehead atoms. The highest BCUT2D eigenvalue weighted by Crippen LogP contribution is 2.34. The van der Waals surface area contributed by atoms with Gasteiger partial charge in [-0.05, 0) is 48.2 Å². The van der Waals surface area contributed by atoms with E-state index in [2.05, 4.69) is 35.5 Å². The Kier molecular flexibility index (Phi) is 2.65. The van der Waals surface area contributed by atoms with Gasteiger partial charge in [-0.25, -0.2) is 0 Å². The van der Waals surface area contributed by atoms with Gasteiger partial charge in [-0.2, -0.15) is 0 Å². The Morgan fingerprint density at radius 2 is 2.24 bits per heavy atom. The largest absolute Gasteiger partial charge is 0.399 e. The molecule has 0 unspecified atom stereocenters. The number of benzene rings is 1. The molecule has 88 valence electrons. The van der Waals surface area contributed by atoms with Gasteiger partial charge in [-0.15, -0.1) is 11.3 Å². The molecule has 17 heavy (non-hydrogen) atoms. The summed E-state index contributed by atoms with van der Waals surface area (Å²) >= 11 is 1.81. The molecule has 1 aliphatic heterocycles. The predicted molar refractivity (Wildman–Crippen MR) is 76.3 cm³/mol. The second kappa shape index (κ2) is 4.17. The SMILES string of the molecule is CN1CC=C(c2csc3ccc(N)cc23)CC1. The molecule has 0 saturated heterocycles. The van der Waals surface area contributed by atoms with Crippen molar-refractivity contribution in [3.63, 3.8) is 0 Å². The Labute approximate surface area is 105 Å². The monoisotopic (exact) mass is 244 g/mol. The maximum atomic E-state index is 5.88. The molecule has 1 aliphatic rings. The highest BCUT2D eigenvalue weighted by atomic mass is 32.1. The van der Waals surface area contributed by atoms with Crippen LogP contribution in [0.3, 0.4) is 0 Å². The van der Waals surface area contributed by atoms with Crippen molar-refractivity contribution in [3.8, 4) is 0 Å². The van der Waals surface area contributed by atoms with Gasteiger partial charge >= 0.3 is 0 Å². The van der Waals surface area contributed by atoms with Crippen LogP contribution >= 0.6 is 11.3 Å². The highest BCUT2D eigenvalue weighted by Gasteiger charge is 2.13. The average Bonchev–Trinajstić information content (AvgIpc) is 2.73. The van der Waals surface area contributed by atoms with Gasteiger partial charge in [0, 0.05) is 28.9 Å². The molecular formula is C14H16N2S. The van der Waals surface area contributed by atoms with Crippen molar-refractivity contribution >= 4 is 32.7 Å². The Morgan fingerprint density at radius 1 is 1.35 bits per heavy atom. The predicted octanol–water partition coefficient (Wildman–Crippen LogP) is 3.20. The number of rotatable bonds is 1. The molecule has 2 aromatic rings. The average molecular weight is 244 g/mol. The molecule has 0 saturated carbocycles. The van der Waals surface area contributed by atoms with Crippen molar-refractivity contribution in [2.24, 2.45) is 0 Å². The first-order valence-corrected chi connectivity index (χ1v) is 6.77. The lowest BCUT2D eigenvalue weighted by molar-refractivity contribution is 0.370. The van der Waals surface area contributed by atoms with Crippen LogP contribution in [-0.4, -0.2) is 25.0 Å². The molecule has 3 rings (SSSR count). The minimum absolute atomic E-state index is 0.852. The van der Waals surface area contributed by atoms with Crippen LogP contribution in [0.4, 0.5) is 5.69 Å². The van der Waals surface area contributed by atoms with Crippen molar-refractivity contribution in [2.45, 2.75) is 6.42 Å². The Morgan fingerprint density at radius 3 is 3.00 bits per heavy atom. The second-order valence-corrected chi connectivity index (χ2v) is 5.56. The van der Waals surface area contributed by atoms with Crippen LogP contribution in [0.25, 0.3) is 15.7 Å². The number of fused-ring (bicyclic) bond motifs is 1. The number of nitrogens with two attached hydrogens (primary N) is 1. The Hall–Kier alpha value is -1.32. The number of thiophene rings is 1. The lowest BCUT2D eigenvalue weighted by Crippen LogP contribution is -2.23. The van der Waals surface area contributed by atoms with E-state index in [1.807, 2.05) is 17.4 Å². The molecule has 0 spiro atoms. The fraction of sp³-hybridized carbons (Fsp3) is 0.286. The summed E-state index contributed by atoms with van der Waals surface area (Å²) in [5.41, 5.74) is 9.59. The lowest BCUT2D eigenvalue weighted by atomic mass is 9.99. The zero-order chi connectivity index (χ0) is 11.8. The normalized spacial score (nSPS) is 17.4. The molecule has 1 aromatic carbocycles. The number of likely N-dealkylation sites (N-methyl/N-ethyl adjacent to an activating group) is 1. The van der Waals surface area contributed by atoms with Gasteiger partial charge in [0.1, 0.15) is 0 Å². The van der Waals surface area contributed by atoms with Crippen molar-refractivity contribution in [1.82, 2.24) is 4.90 Å². The number of hydrogen-bond acceptors (Lipinski definition) is 3. The Bertz CT molecular complexity index is 583. The molecule has 2 heterocycles. The van der Waals surface area contributed by atoms with E-state index < -0.39 is 0 Å². The van der Waals surface area contributed by atoms with Gasteiger partial charge in [0.15, 0.2) is 0 Å². The quantitative estimate of drug-likeness (QED) is 0.781. The van der Waals surface area contributed by atoms with E-state index in [4.69, 9.17) is 5.73 Å². The fourth-order valence-electron chi connectivity index (χ4n) is 2.31. The van der Waals surface area contributed by atoms with Gasteiger partial charge in [0.05, 0.1) is 0 Å². The topological polar surface area (TPSA) is 29.3 Å². The summed E-state index contributed by atoms with van der Waals surface area (Å²) in [4.78, 5) is 2.34. The molecule has 0 fully saturated rings. The van der Waals surface area contributed by atoms with Gasteiger partial charge in [-0.3, -0.25) is 0 Å². The summed E-state index contributed by atoms with van der Waals surface area (Å²) < 4.78 is 1.33. The van der Waals surface area contributed by atoms with Crippen LogP contribution in [0, 0.1) is 0 Å². The maximum absolute atomic E-state index is 5.88. The smallest absolute Gasteiger partial charge is 0.0350 e. The molecule has 0 amide bonds. The molecule has 0 radical (unpaired) electrons. The van der Waals surface area contributed by atoms with Gasteiger partial charge in [0.2, 0.25) is 0 Å². The van der Waals surface area contributed by atoms with Crippen LogP contribution in [0.1, 0.15) is 12.0 Å². The summed E-state index contributed by atoms with van der Waals surface area (Å²) in [5.74, 6) is 0. The fourth-order valence-corrected chi connectivity index (χ4v) is 3.28. The van der Waals surface area contributed by atoms with Crippen LogP contribution in [0.5, 0.6) is 0 Å². The number of nitrogen functional groups attached to an aromatic ring is 1. The first-order chi connectivity index (χ1) is 8.24. The molecule has 0 aliphatic carbocycles. The first kappa shape index (κ1) is 10.8. The molecule has 2 nitrogen and oxygen atoms in total. The highest BCUT2D eigenvalue weighted by molar-refractivity contribution is 7.17. The van der Waals surface area contributed by atoms with Gasteiger partial charge in [-0.1, -0.05) is 6.08 Å². The second-order valence-electron chi connectivity index (χ2n) is 4.65. The van der Waals surface area contributed by atoms with Crippen LogP contribution in [0.15, 0.2) is 29.7 Å². The zero-order valence-corrected chi connectivity index (χ0v) is 10.8. The third-order valence-corrected chi connectivity index (χ3v) is 4.32. The van der Waals surface area contributed by atoms with E-state index in [0.29, 0.717) is 0 Å². The number of anilines is 1. The van der Waals surface area contributed by atoms with Crippen LogP contribution < -0.4 is 5.73 Å². The third-order valence-electron chi connectivity index (χ3n) is 3.36. The van der Waals surface area contributed by atoms with E-state index >= 15 is 0 Å². The van der Waals surface area contributed by atoms with Crippen LogP contribution in [-0.2, 0) is 0 Å². The van der Waals surface area contributed by atoms with E-state index in [0.717, 1.165) is 25.2 Å². The molecule has 1 aromatic heterocycles.